The fourth-order valence-electron chi connectivity index (χ4n) is 3.38. The van der Waals surface area contributed by atoms with Crippen molar-refractivity contribution in [3.63, 3.8) is 0 Å². The van der Waals surface area contributed by atoms with Crippen molar-refractivity contribution in [2.75, 3.05) is 5.23 Å². The van der Waals surface area contributed by atoms with Crippen LogP contribution in [0, 0.1) is 5.21 Å². The summed E-state index contributed by atoms with van der Waals surface area (Å²) in [6.07, 6.45) is 0. The summed E-state index contributed by atoms with van der Waals surface area (Å²) in [6, 6.07) is 21.8. The minimum atomic E-state index is -0.577. The zero-order valence-corrected chi connectivity index (χ0v) is 16.0. The van der Waals surface area contributed by atoms with E-state index in [-0.39, 0.29) is 22.6 Å². The quantitative estimate of drug-likeness (QED) is 0.387. The lowest BCUT2D eigenvalue weighted by Gasteiger charge is -2.21. The van der Waals surface area contributed by atoms with Gasteiger partial charge < -0.3 is 15.2 Å². The third kappa shape index (κ3) is 3.43. The molecule has 0 aliphatic heterocycles. The van der Waals surface area contributed by atoms with Crippen LogP contribution in [-0.2, 0) is 0 Å². The Bertz CT molecular complexity index is 1230. The van der Waals surface area contributed by atoms with Gasteiger partial charge in [0.1, 0.15) is 0 Å². The second kappa shape index (κ2) is 7.82. The first-order chi connectivity index (χ1) is 14.5. The topological polar surface area (TPSA) is 94.8 Å². The Morgan fingerprint density at radius 2 is 1.60 bits per heavy atom. The molecule has 7 nitrogen and oxygen atoms in total. The van der Waals surface area contributed by atoms with Crippen LogP contribution in [0.3, 0.4) is 0 Å². The van der Waals surface area contributed by atoms with Crippen molar-refractivity contribution in [2.45, 2.75) is 6.92 Å². The van der Waals surface area contributed by atoms with Crippen LogP contribution < -0.4 is 9.96 Å². The maximum atomic E-state index is 12.8. The predicted molar refractivity (Wildman–Crippen MR) is 113 cm³/mol. The van der Waals surface area contributed by atoms with E-state index < -0.39 is 5.97 Å². The number of aromatic nitrogens is 1. The predicted octanol–water partition coefficient (Wildman–Crippen LogP) is 4.88. The molecule has 0 aliphatic rings. The zero-order chi connectivity index (χ0) is 21.3. The lowest BCUT2D eigenvalue weighted by molar-refractivity contribution is 0.0736. The molecular weight excluding hydrogens is 384 g/mol. The molecule has 150 valence electrons. The van der Waals surface area contributed by atoms with Gasteiger partial charge in [-0.2, -0.15) is 0 Å². The minimum absolute atomic E-state index is 0.0527. The van der Waals surface area contributed by atoms with E-state index in [9.17, 15) is 20.0 Å². The zero-order valence-electron chi connectivity index (χ0n) is 16.0. The standard InChI is InChI=1S/C23H17N2O5/c1-15(26)24-20-14-18(25(28)29)12-13-19(20)22(21(24)16-8-4-2-5-9-16)30-23(27)17-10-6-3-7-11-17/h2-14,28H,1H3/q-1. The van der Waals surface area contributed by atoms with Gasteiger partial charge in [-0.3, -0.25) is 14.6 Å². The van der Waals surface area contributed by atoms with E-state index in [1.165, 1.54) is 29.7 Å². The second-order valence-electron chi connectivity index (χ2n) is 6.63. The van der Waals surface area contributed by atoms with Crippen LogP contribution in [0.4, 0.5) is 5.69 Å². The van der Waals surface area contributed by atoms with Gasteiger partial charge in [0.05, 0.1) is 22.5 Å². The minimum Gasteiger partial charge on any atom is -0.733 e. The fraction of sp³-hybridized carbons (Fsp3) is 0.0435. The van der Waals surface area contributed by atoms with Crippen LogP contribution in [0.1, 0.15) is 22.1 Å². The monoisotopic (exact) mass is 401 g/mol. The van der Waals surface area contributed by atoms with E-state index in [0.29, 0.717) is 27.7 Å². The van der Waals surface area contributed by atoms with E-state index >= 15 is 0 Å². The van der Waals surface area contributed by atoms with Crippen LogP contribution in [0.5, 0.6) is 5.75 Å². The van der Waals surface area contributed by atoms with Gasteiger partial charge in [-0.1, -0.05) is 48.5 Å². The van der Waals surface area contributed by atoms with E-state index in [4.69, 9.17) is 4.74 Å². The smallest absolute Gasteiger partial charge is 0.343 e. The van der Waals surface area contributed by atoms with Gasteiger partial charge in [-0.15, -0.1) is 0 Å². The van der Waals surface area contributed by atoms with Gasteiger partial charge in [0.15, 0.2) is 5.75 Å². The Morgan fingerprint density at radius 1 is 0.967 bits per heavy atom. The molecule has 0 fully saturated rings. The molecular formula is C23H17N2O5-. The summed E-state index contributed by atoms with van der Waals surface area (Å²) in [5.41, 5.74) is 1.69. The number of hydrogen-bond acceptors (Lipinski definition) is 6. The molecule has 0 saturated carbocycles. The summed E-state index contributed by atoms with van der Waals surface area (Å²) < 4.78 is 7.13. The molecule has 0 aliphatic carbocycles. The van der Waals surface area contributed by atoms with Crippen LogP contribution >= 0.6 is 0 Å². The van der Waals surface area contributed by atoms with Crippen molar-refractivity contribution >= 4 is 28.5 Å². The molecule has 1 heterocycles. The summed E-state index contributed by atoms with van der Waals surface area (Å²) in [7, 11) is 0. The average molecular weight is 401 g/mol. The van der Waals surface area contributed by atoms with Gasteiger partial charge in [0.2, 0.25) is 5.91 Å². The molecule has 4 rings (SSSR count). The highest BCUT2D eigenvalue weighted by Crippen LogP contribution is 2.41. The molecule has 7 heteroatoms. The SMILES string of the molecule is CC(=O)n1c(-c2ccccc2)c(OC(=O)c2ccccc2)c2ccc(N([O-])O)cc21. The third-order valence-electron chi connectivity index (χ3n) is 4.69. The number of benzene rings is 3. The van der Waals surface area contributed by atoms with E-state index in [1.807, 2.05) is 6.07 Å². The number of rotatable bonds is 4. The first-order valence-electron chi connectivity index (χ1n) is 9.15. The molecule has 0 radical (unpaired) electrons. The van der Waals surface area contributed by atoms with Crippen molar-refractivity contribution < 1.29 is 19.5 Å². The van der Waals surface area contributed by atoms with Crippen molar-refractivity contribution in [3.05, 3.63) is 89.6 Å². The number of esters is 1. The largest absolute Gasteiger partial charge is 0.733 e. The van der Waals surface area contributed by atoms with Crippen LogP contribution in [0.25, 0.3) is 22.2 Å². The van der Waals surface area contributed by atoms with Crippen molar-refractivity contribution in [1.29, 1.82) is 0 Å². The second-order valence-corrected chi connectivity index (χ2v) is 6.63. The maximum Gasteiger partial charge on any atom is 0.343 e. The molecule has 1 N–H and O–H groups in total. The van der Waals surface area contributed by atoms with Crippen molar-refractivity contribution in [1.82, 2.24) is 4.57 Å². The number of nitrogens with zero attached hydrogens (tertiary/aromatic N) is 2. The molecule has 30 heavy (non-hydrogen) atoms. The summed E-state index contributed by atoms with van der Waals surface area (Å²) in [5, 5.41) is 20.9. The molecule has 0 unspecified atom stereocenters. The fourth-order valence-corrected chi connectivity index (χ4v) is 3.38. The number of hydrogen-bond donors (Lipinski definition) is 1. The molecule has 0 atom stereocenters. The number of carbonyl (C=O) groups is 2. The van der Waals surface area contributed by atoms with E-state index in [0.717, 1.165) is 0 Å². The van der Waals surface area contributed by atoms with Gasteiger partial charge >= 0.3 is 5.97 Å². The summed E-state index contributed by atoms with van der Waals surface area (Å²) in [6.45, 7) is 1.37. The van der Waals surface area contributed by atoms with Crippen LogP contribution in [0.2, 0.25) is 0 Å². The number of carbonyl (C=O) groups excluding carboxylic acids is 2. The highest BCUT2D eigenvalue weighted by atomic mass is 16.8. The van der Waals surface area contributed by atoms with Crippen molar-refractivity contribution in [3.8, 4) is 17.0 Å². The summed E-state index contributed by atoms with van der Waals surface area (Å²) in [5.74, 6) is -0.720. The van der Waals surface area contributed by atoms with Gasteiger partial charge in [-0.25, -0.2) is 4.79 Å². The molecule has 0 saturated heterocycles. The Hall–Kier alpha value is -3.94. The molecule has 0 spiro atoms. The number of anilines is 1. The van der Waals surface area contributed by atoms with Crippen molar-refractivity contribution in [2.24, 2.45) is 0 Å². The summed E-state index contributed by atoms with van der Waals surface area (Å²) >= 11 is 0. The normalized spacial score (nSPS) is 10.8. The Labute approximate surface area is 171 Å². The van der Waals surface area contributed by atoms with E-state index in [1.54, 1.807) is 54.6 Å². The molecule has 3 aromatic carbocycles. The Morgan fingerprint density at radius 3 is 2.20 bits per heavy atom. The van der Waals surface area contributed by atoms with Crippen LogP contribution in [0.15, 0.2) is 78.9 Å². The molecule has 1 aromatic heterocycles. The molecule has 0 amide bonds. The first-order valence-corrected chi connectivity index (χ1v) is 9.15. The van der Waals surface area contributed by atoms with E-state index in [2.05, 4.69) is 0 Å². The summed E-state index contributed by atoms with van der Waals surface area (Å²) in [4.78, 5) is 25.4. The lowest BCUT2D eigenvalue weighted by Crippen LogP contribution is -2.11. The number of fused-ring (bicyclic) bond motifs is 1. The Kier molecular flexibility index (Phi) is 5.05. The number of ether oxygens (including phenoxy) is 1. The highest BCUT2D eigenvalue weighted by molar-refractivity contribution is 6.06. The Balaban J connectivity index is 1.99. The highest BCUT2D eigenvalue weighted by Gasteiger charge is 2.25. The third-order valence-corrected chi connectivity index (χ3v) is 4.69. The van der Waals surface area contributed by atoms with Crippen LogP contribution in [-0.4, -0.2) is 21.7 Å². The van der Waals surface area contributed by atoms with Gasteiger partial charge in [0.25, 0.3) is 0 Å². The lowest BCUT2D eigenvalue weighted by atomic mass is 10.1. The first kappa shape index (κ1) is 19.4. The van der Waals surface area contributed by atoms with Gasteiger partial charge in [0, 0.05) is 17.9 Å². The average Bonchev–Trinajstić information content (AvgIpc) is 3.08. The molecule has 0 bridgehead atoms. The molecule has 4 aromatic rings. The van der Waals surface area contributed by atoms with Gasteiger partial charge in [-0.05, 0) is 30.3 Å². The maximum absolute atomic E-state index is 12.8.